The molecule has 0 bridgehead atoms. The van der Waals surface area contributed by atoms with Crippen LogP contribution in [0.15, 0.2) is 0 Å². The topological polar surface area (TPSA) is 49.4 Å². The summed E-state index contributed by atoms with van der Waals surface area (Å²) in [5.74, 6) is 0.775. The molecule has 0 aromatic carbocycles. The first-order valence-electron chi connectivity index (χ1n) is 7.78. The summed E-state index contributed by atoms with van der Waals surface area (Å²) in [6.45, 7) is 5.59. The van der Waals surface area contributed by atoms with Crippen LogP contribution in [0.3, 0.4) is 0 Å². The lowest BCUT2D eigenvalue weighted by atomic mass is 10.1. The van der Waals surface area contributed by atoms with Crippen LogP contribution < -0.4 is 5.32 Å². The number of rotatable bonds is 6. The molecule has 1 unspecified atom stereocenters. The van der Waals surface area contributed by atoms with Crippen LogP contribution in [0.2, 0.25) is 0 Å². The SMILES string of the molecule is CCCCN(CC1CCCN1)C1CCS(=O)(=O)CC1. The number of sulfone groups is 1. The lowest BCUT2D eigenvalue weighted by molar-refractivity contribution is 0.166. The zero-order valence-electron chi connectivity index (χ0n) is 12.1. The van der Waals surface area contributed by atoms with E-state index in [1.165, 1.54) is 25.7 Å². The van der Waals surface area contributed by atoms with E-state index in [0.717, 1.165) is 32.5 Å². The molecule has 5 heteroatoms. The van der Waals surface area contributed by atoms with E-state index in [4.69, 9.17) is 0 Å². The summed E-state index contributed by atoms with van der Waals surface area (Å²) in [6, 6.07) is 1.10. The van der Waals surface area contributed by atoms with Crippen molar-refractivity contribution in [3.8, 4) is 0 Å². The van der Waals surface area contributed by atoms with E-state index in [1.54, 1.807) is 0 Å². The highest BCUT2D eigenvalue weighted by molar-refractivity contribution is 7.91. The molecule has 0 spiro atoms. The van der Waals surface area contributed by atoms with Gasteiger partial charge >= 0.3 is 0 Å². The Labute approximate surface area is 117 Å². The second-order valence-corrected chi connectivity index (χ2v) is 8.33. The van der Waals surface area contributed by atoms with Gasteiger partial charge in [-0.2, -0.15) is 0 Å². The zero-order valence-corrected chi connectivity index (χ0v) is 12.9. The van der Waals surface area contributed by atoms with Crippen LogP contribution in [-0.2, 0) is 9.84 Å². The van der Waals surface area contributed by atoms with E-state index in [-0.39, 0.29) is 0 Å². The van der Waals surface area contributed by atoms with Crippen LogP contribution in [0.25, 0.3) is 0 Å². The van der Waals surface area contributed by atoms with Crippen molar-refractivity contribution in [1.29, 1.82) is 0 Å². The van der Waals surface area contributed by atoms with Crippen molar-refractivity contribution >= 4 is 9.84 Å². The molecule has 2 rings (SSSR count). The van der Waals surface area contributed by atoms with Gasteiger partial charge < -0.3 is 5.32 Å². The van der Waals surface area contributed by atoms with Crippen LogP contribution in [-0.4, -0.2) is 56.5 Å². The molecule has 1 N–H and O–H groups in total. The van der Waals surface area contributed by atoms with Gasteiger partial charge in [0.15, 0.2) is 0 Å². The van der Waals surface area contributed by atoms with Crippen LogP contribution in [0, 0.1) is 0 Å². The fourth-order valence-electron chi connectivity index (χ4n) is 3.22. The molecule has 2 fully saturated rings. The predicted octanol–water partition coefficient (Wildman–Crippen LogP) is 1.42. The van der Waals surface area contributed by atoms with Gasteiger partial charge in [0.1, 0.15) is 9.84 Å². The Morgan fingerprint density at radius 1 is 1.21 bits per heavy atom. The third kappa shape index (κ3) is 4.72. The number of nitrogens with zero attached hydrogens (tertiary/aromatic N) is 1. The molecule has 0 aliphatic carbocycles. The molecule has 0 saturated carbocycles. The van der Waals surface area contributed by atoms with Gasteiger partial charge in [-0.3, -0.25) is 4.90 Å². The minimum absolute atomic E-state index is 0.387. The maximum Gasteiger partial charge on any atom is 0.150 e. The van der Waals surface area contributed by atoms with E-state index in [1.807, 2.05) is 0 Å². The molecule has 2 aliphatic heterocycles. The molecule has 0 aromatic heterocycles. The van der Waals surface area contributed by atoms with Gasteiger partial charge in [-0.1, -0.05) is 13.3 Å². The van der Waals surface area contributed by atoms with E-state index >= 15 is 0 Å². The van der Waals surface area contributed by atoms with Gasteiger partial charge in [-0.05, 0) is 45.2 Å². The number of hydrogen-bond donors (Lipinski definition) is 1. The Kier molecular flexibility index (Phi) is 5.66. The van der Waals surface area contributed by atoms with E-state index < -0.39 is 9.84 Å². The van der Waals surface area contributed by atoms with Crippen molar-refractivity contribution in [2.75, 3.05) is 31.1 Å². The first-order valence-corrected chi connectivity index (χ1v) is 9.61. The average Bonchev–Trinajstić information content (AvgIpc) is 2.87. The Hall–Kier alpha value is -0.130. The summed E-state index contributed by atoms with van der Waals surface area (Å²) >= 11 is 0. The first-order chi connectivity index (χ1) is 9.11. The molecule has 2 aliphatic rings. The van der Waals surface area contributed by atoms with Crippen molar-refractivity contribution in [3.63, 3.8) is 0 Å². The predicted molar refractivity (Wildman–Crippen MR) is 79.2 cm³/mol. The summed E-state index contributed by atoms with van der Waals surface area (Å²) < 4.78 is 23.1. The number of hydrogen-bond acceptors (Lipinski definition) is 4. The minimum atomic E-state index is -2.74. The molecule has 0 amide bonds. The van der Waals surface area contributed by atoms with Crippen molar-refractivity contribution < 1.29 is 8.42 Å². The van der Waals surface area contributed by atoms with Gasteiger partial charge in [0.05, 0.1) is 11.5 Å². The average molecular weight is 288 g/mol. The summed E-state index contributed by atoms with van der Waals surface area (Å²) in [6.07, 6.45) is 6.64. The van der Waals surface area contributed by atoms with Crippen molar-refractivity contribution in [3.05, 3.63) is 0 Å². The largest absolute Gasteiger partial charge is 0.313 e. The van der Waals surface area contributed by atoms with Crippen LogP contribution in [0.5, 0.6) is 0 Å². The van der Waals surface area contributed by atoms with E-state index in [0.29, 0.717) is 23.6 Å². The van der Waals surface area contributed by atoms with Gasteiger partial charge in [0.25, 0.3) is 0 Å². The fourth-order valence-corrected chi connectivity index (χ4v) is 4.69. The van der Waals surface area contributed by atoms with Gasteiger partial charge in [0, 0.05) is 18.6 Å². The Balaban J connectivity index is 1.88. The number of unbranched alkanes of at least 4 members (excludes halogenated alkanes) is 1. The Morgan fingerprint density at radius 3 is 2.53 bits per heavy atom. The summed E-state index contributed by atoms with van der Waals surface area (Å²) in [4.78, 5) is 2.56. The lowest BCUT2D eigenvalue weighted by Gasteiger charge is -2.35. The molecule has 1 atom stereocenters. The third-order valence-corrected chi connectivity index (χ3v) is 6.17. The Morgan fingerprint density at radius 2 is 1.95 bits per heavy atom. The van der Waals surface area contributed by atoms with Crippen LogP contribution >= 0.6 is 0 Å². The quantitative estimate of drug-likeness (QED) is 0.803. The third-order valence-electron chi connectivity index (χ3n) is 4.46. The van der Waals surface area contributed by atoms with Gasteiger partial charge in [0.2, 0.25) is 0 Å². The molecule has 112 valence electrons. The summed E-state index contributed by atoms with van der Waals surface area (Å²) in [7, 11) is -2.74. The van der Waals surface area contributed by atoms with Gasteiger partial charge in [-0.15, -0.1) is 0 Å². The molecular formula is C14H28N2O2S. The maximum atomic E-state index is 11.5. The lowest BCUT2D eigenvalue weighted by Crippen LogP contribution is -2.47. The molecular weight excluding hydrogens is 260 g/mol. The van der Waals surface area contributed by atoms with E-state index in [9.17, 15) is 8.42 Å². The van der Waals surface area contributed by atoms with Crippen molar-refractivity contribution in [2.45, 2.75) is 57.5 Å². The smallest absolute Gasteiger partial charge is 0.150 e. The zero-order chi connectivity index (χ0) is 13.7. The first kappa shape index (κ1) is 15.3. The summed E-state index contributed by atoms with van der Waals surface area (Å²) in [5.41, 5.74) is 0. The minimum Gasteiger partial charge on any atom is -0.313 e. The summed E-state index contributed by atoms with van der Waals surface area (Å²) in [5, 5.41) is 3.56. The molecule has 4 nitrogen and oxygen atoms in total. The van der Waals surface area contributed by atoms with Gasteiger partial charge in [-0.25, -0.2) is 8.42 Å². The molecule has 2 heterocycles. The Bertz CT molecular complexity index is 350. The van der Waals surface area contributed by atoms with E-state index in [2.05, 4.69) is 17.1 Å². The second kappa shape index (κ2) is 7.04. The normalized spacial score (nSPS) is 28.0. The molecule has 0 aromatic rings. The molecule has 19 heavy (non-hydrogen) atoms. The highest BCUT2D eigenvalue weighted by atomic mass is 32.2. The van der Waals surface area contributed by atoms with Crippen LogP contribution in [0.4, 0.5) is 0 Å². The second-order valence-electron chi connectivity index (χ2n) is 6.02. The highest BCUT2D eigenvalue weighted by Gasteiger charge is 2.29. The van der Waals surface area contributed by atoms with Crippen LogP contribution in [0.1, 0.15) is 45.4 Å². The highest BCUT2D eigenvalue weighted by Crippen LogP contribution is 2.20. The standard InChI is InChI=1S/C14H28N2O2S/c1-2-3-9-16(12-13-5-4-8-15-13)14-6-10-19(17,18)11-7-14/h13-15H,2-12H2,1H3. The van der Waals surface area contributed by atoms with Crippen molar-refractivity contribution in [2.24, 2.45) is 0 Å². The molecule has 0 radical (unpaired) electrons. The molecule has 2 saturated heterocycles. The fraction of sp³-hybridized carbons (Fsp3) is 1.00. The monoisotopic (exact) mass is 288 g/mol. The van der Waals surface area contributed by atoms with Crippen molar-refractivity contribution in [1.82, 2.24) is 10.2 Å². The maximum absolute atomic E-state index is 11.5. The number of nitrogens with one attached hydrogen (secondary N) is 1.